The molecule has 1 aliphatic heterocycles. The lowest BCUT2D eigenvalue weighted by Crippen LogP contribution is -2.32. The van der Waals surface area contributed by atoms with Gasteiger partial charge in [-0.3, -0.25) is 9.79 Å². The normalized spacial score (nSPS) is 15.2. The Bertz CT molecular complexity index is 1440. The molecule has 32 heavy (non-hydrogen) atoms. The lowest BCUT2D eigenvalue weighted by molar-refractivity contribution is -0.135. The van der Waals surface area contributed by atoms with Crippen molar-refractivity contribution in [3.8, 4) is 11.5 Å². The summed E-state index contributed by atoms with van der Waals surface area (Å²) < 4.78 is 48.2. The van der Waals surface area contributed by atoms with Crippen molar-refractivity contribution < 1.29 is 27.4 Å². The first-order chi connectivity index (χ1) is 15.2. The van der Waals surface area contributed by atoms with Crippen molar-refractivity contribution >= 4 is 37.3 Å². The predicted molar refractivity (Wildman–Crippen MR) is 118 cm³/mol. The third-order valence-electron chi connectivity index (χ3n) is 5.04. The molecule has 0 aromatic heterocycles. The maximum atomic E-state index is 14.9. The van der Waals surface area contributed by atoms with Gasteiger partial charge in [-0.15, -0.1) is 0 Å². The minimum Gasteiger partial charge on any atom is -0.481 e. The van der Waals surface area contributed by atoms with Crippen LogP contribution in [0.25, 0.3) is 5.57 Å². The highest BCUT2D eigenvalue weighted by molar-refractivity contribution is 9.10. The predicted octanol–water partition coefficient (Wildman–Crippen LogP) is 3.86. The smallest absolute Gasteiger partial charge is 0.307 e. The number of benzene rings is 3. The van der Waals surface area contributed by atoms with Gasteiger partial charge in [0.05, 0.1) is 22.7 Å². The molecular formula is C23H17BrFNO5S. The van der Waals surface area contributed by atoms with E-state index in [1.807, 2.05) is 12.1 Å². The van der Waals surface area contributed by atoms with Gasteiger partial charge in [0.2, 0.25) is 9.84 Å². The van der Waals surface area contributed by atoms with Crippen LogP contribution >= 0.6 is 15.9 Å². The summed E-state index contributed by atoms with van der Waals surface area (Å²) in [4.78, 5) is 14.9. The van der Waals surface area contributed by atoms with Crippen LogP contribution in [0.3, 0.4) is 0 Å². The number of aliphatic carboxylic acids is 1. The van der Waals surface area contributed by atoms with Gasteiger partial charge in [-0.05, 0) is 73.2 Å². The summed E-state index contributed by atoms with van der Waals surface area (Å²) >= 11 is 3.34. The quantitative estimate of drug-likeness (QED) is 0.535. The fourth-order valence-electron chi connectivity index (χ4n) is 3.57. The number of ether oxygens (including phenoxy) is 1. The first-order valence-corrected chi connectivity index (χ1v) is 11.8. The number of sulfone groups is 1. The van der Waals surface area contributed by atoms with Crippen molar-refractivity contribution in [2.75, 3.05) is 0 Å². The third-order valence-corrected chi connectivity index (χ3v) is 7.40. The van der Waals surface area contributed by atoms with Crippen LogP contribution in [0.15, 0.2) is 79.9 Å². The van der Waals surface area contributed by atoms with Crippen LogP contribution in [0.4, 0.5) is 4.39 Å². The molecule has 1 N–H and O–H groups in total. The van der Waals surface area contributed by atoms with Crippen molar-refractivity contribution in [3.63, 3.8) is 0 Å². The maximum absolute atomic E-state index is 14.9. The van der Waals surface area contributed by atoms with E-state index in [9.17, 15) is 22.7 Å². The lowest BCUT2D eigenvalue weighted by atomic mass is 10.0. The van der Waals surface area contributed by atoms with E-state index in [1.165, 1.54) is 30.3 Å². The topological polar surface area (TPSA) is 93.0 Å². The second-order valence-corrected chi connectivity index (χ2v) is 10.0. The van der Waals surface area contributed by atoms with Gasteiger partial charge in [-0.25, -0.2) is 12.8 Å². The molecule has 3 aromatic carbocycles. The van der Waals surface area contributed by atoms with Gasteiger partial charge in [0, 0.05) is 9.69 Å². The van der Waals surface area contributed by atoms with Gasteiger partial charge in [0.1, 0.15) is 22.2 Å². The first kappa shape index (κ1) is 22.2. The molecule has 6 nitrogen and oxygen atoms in total. The molecule has 1 atom stereocenters. The third kappa shape index (κ3) is 4.18. The Morgan fingerprint density at radius 3 is 2.25 bits per heavy atom. The van der Waals surface area contributed by atoms with Crippen molar-refractivity contribution in [3.05, 3.63) is 81.5 Å². The van der Waals surface area contributed by atoms with Crippen LogP contribution in [-0.4, -0.2) is 25.5 Å². The number of hydrogen-bond acceptors (Lipinski definition) is 5. The number of hydrogen-bond donors (Lipinski definition) is 1. The summed E-state index contributed by atoms with van der Waals surface area (Å²) in [5, 5.41) is 9.55. The largest absolute Gasteiger partial charge is 0.481 e. The second kappa shape index (κ2) is 8.48. The first-order valence-electron chi connectivity index (χ1n) is 9.56. The molecule has 164 valence electrons. The van der Waals surface area contributed by atoms with Crippen molar-refractivity contribution in [2.45, 2.75) is 29.2 Å². The number of fused-ring (bicyclic) bond motifs is 1. The molecule has 0 bridgehead atoms. The average molecular weight is 518 g/mol. The van der Waals surface area contributed by atoms with E-state index in [2.05, 4.69) is 20.9 Å². The minimum atomic E-state index is -4.29. The molecule has 0 saturated heterocycles. The zero-order valence-electron chi connectivity index (χ0n) is 16.7. The molecule has 1 heterocycles. The van der Waals surface area contributed by atoms with E-state index in [0.717, 1.165) is 10.5 Å². The molecule has 0 fully saturated rings. The molecule has 1 unspecified atom stereocenters. The highest BCUT2D eigenvalue weighted by Crippen LogP contribution is 2.27. The number of carboxylic acids is 1. The molecule has 0 spiro atoms. The SMILES string of the molecule is CC1N=c2ccc(F)c(S(=O)(=O)c3ccc(Oc4ccc(Br)cc4)cc3)c2=C1CC(=O)O. The maximum Gasteiger partial charge on any atom is 0.307 e. The summed E-state index contributed by atoms with van der Waals surface area (Å²) in [5.41, 5.74) is 0.265. The standard InChI is InChI=1S/C23H17BrFNO5S/c1-13-18(12-21(27)28)22-20(26-13)11-10-19(25)23(22)32(29,30)17-8-6-16(7-9-17)31-15-4-2-14(24)3-5-15/h2-11,13H,12H2,1H3,(H,27,28). The molecule has 9 heteroatoms. The highest BCUT2D eigenvalue weighted by Gasteiger charge is 2.29. The van der Waals surface area contributed by atoms with E-state index >= 15 is 0 Å². The van der Waals surface area contributed by atoms with Crippen molar-refractivity contribution in [1.82, 2.24) is 0 Å². The number of carboxylic acid groups (broad SMARTS) is 1. The number of carbonyl (C=O) groups is 1. The fraction of sp³-hybridized carbons (Fsp3) is 0.130. The molecule has 3 aromatic rings. The molecule has 0 aliphatic carbocycles. The lowest BCUT2D eigenvalue weighted by Gasteiger charge is -2.10. The van der Waals surface area contributed by atoms with Crippen molar-refractivity contribution in [1.29, 1.82) is 0 Å². The van der Waals surface area contributed by atoms with E-state index in [1.54, 1.807) is 19.1 Å². The van der Waals surface area contributed by atoms with Crippen LogP contribution in [-0.2, 0) is 14.6 Å². The van der Waals surface area contributed by atoms with E-state index < -0.39 is 39.0 Å². The molecular weight excluding hydrogens is 501 g/mol. The average Bonchev–Trinajstić information content (AvgIpc) is 3.04. The van der Waals surface area contributed by atoms with Gasteiger partial charge < -0.3 is 9.84 Å². The Hall–Kier alpha value is -3.04. The Kier molecular flexibility index (Phi) is 5.87. The molecule has 1 aliphatic rings. The Balaban J connectivity index is 1.78. The monoisotopic (exact) mass is 517 g/mol. The Morgan fingerprint density at radius 2 is 1.66 bits per heavy atom. The molecule has 0 saturated carbocycles. The minimum absolute atomic E-state index is 0.0371. The molecule has 4 rings (SSSR count). The summed E-state index contributed by atoms with van der Waals surface area (Å²) in [5.74, 6) is -1.12. The zero-order chi connectivity index (χ0) is 23.0. The highest BCUT2D eigenvalue weighted by atomic mass is 79.9. The Morgan fingerprint density at radius 1 is 1.06 bits per heavy atom. The second-order valence-electron chi connectivity index (χ2n) is 7.20. The fourth-order valence-corrected chi connectivity index (χ4v) is 5.39. The van der Waals surface area contributed by atoms with Gasteiger partial charge >= 0.3 is 5.97 Å². The van der Waals surface area contributed by atoms with Gasteiger partial charge in [0.25, 0.3) is 0 Å². The zero-order valence-corrected chi connectivity index (χ0v) is 19.2. The van der Waals surface area contributed by atoms with Crippen LogP contribution in [0.1, 0.15) is 13.3 Å². The summed E-state index contributed by atoms with van der Waals surface area (Å²) in [6.07, 6.45) is -0.427. The Labute approximate surface area is 191 Å². The number of halogens is 2. The van der Waals surface area contributed by atoms with Crippen molar-refractivity contribution in [2.24, 2.45) is 4.99 Å². The van der Waals surface area contributed by atoms with E-state index in [4.69, 9.17) is 4.74 Å². The van der Waals surface area contributed by atoms with Crippen LogP contribution in [0, 0.1) is 5.82 Å². The number of nitrogens with zero attached hydrogens (tertiary/aromatic N) is 1. The molecule has 0 radical (unpaired) electrons. The van der Waals surface area contributed by atoms with Gasteiger partial charge in [-0.2, -0.15) is 0 Å². The van der Waals surface area contributed by atoms with E-state index in [-0.39, 0.29) is 21.0 Å². The number of rotatable bonds is 6. The van der Waals surface area contributed by atoms with E-state index in [0.29, 0.717) is 11.5 Å². The van der Waals surface area contributed by atoms with Gasteiger partial charge in [0.15, 0.2) is 0 Å². The van der Waals surface area contributed by atoms with Crippen LogP contribution < -0.4 is 15.3 Å². The van der Waals surface area contributed by atoms with Crippen LogP contribution in [0.2, 0.25) is 0 Å². The van der Waals surface area contributed by atoms with Gasteiger partial charge in [-0.1, -0.05) is 15.9 Å². The molecule has 0 amide bonds. The van der Waals surface area contributed by atoms with Crippen LogP contribution in [0.5, 0.6) is 11.5 Å². The summed E-state index contributed by atoms with van der Waals surface area (Å²) in [6, 6.07) is 14.6. The summed E-state index contributed by atoms with van der Waals surface area (Å²) in [7, 11) is -4.29. The summed E-state index contributed by atoms with van der Waals surface area (Å²) in [6.45, 7) is 1.65.